The molecule has 1 unspecified atom stereocenters. The predicted octanol–water partition coefficient (Wildman–Crippen LogP) is 1.50. The van der Waals surface area contributed by atoms with E-state index >= 15 is 0 Å². The number of nitrogens with zero attached hydrogens (tertiary/aromatic N) is 3. The van der Waals surface area contributed by atoms with Gasteiger partial charge in [0.25, 0.3) is 0 Å². The Morgan fingerprint density at radius 1 is 1.55 bits per heavy atom. The van der Waals surface area contributed by atoms with Gasteiger partial charge in [0, 0.05) is 32.5 Å². The smallest absolute Gasteiger partial charge is 0.129 e. The Morgan fingerprint density at radius 2 is 2.35 bits per heavy atom. The normalized spacial score (nSPS) is 18.8. The molecule has 7 heteroatoms. The zero-order valence-corrected chi connectivity index (χ0v) is 11.8. The summed E-state index contributed by atoms with van der Waals surface area (Å²) < 4.78 is 0. The molecule has 2 aromatic rings. The largest absolute Gasteiger partial charge is 0.351 e. The van der Waals surface area contributed by atoms with Gasteiger partial charge in [0.05, 0.1) is 24.5 Å². The molecule has 1 aliphatic rings. The van der Waals surface area contributed by atoms with E-state index in [1.54, 1.807) is 6.92 Å². The molecule has 2 aromatic heterocycles. The highest BCUT2D eigenvalue weighted by atomic mass is 17.1. The van der Waals surface area contributed by atoms with Crippen LogP contribution in [0.15, 0.2) is 18.5 Å². The second-order valence-corrected chi connectivity index (χ2v) is 4.66. The van der Waals surface area contributed by atoms with Crippen molar-refractivity contribution in [1.29, 1.82) is 0 Å². The average Bonchev–Trinajstić information content (AvgIpc) is 2.95. The van der Waals surface area contributed by atoms with Gasteiger partial charge in [-0.1, -0.05) is 0 Å². The Kier molecular flexibility index (Phi) is 5.28. The van der Waals surface area contributed by atoms with Crippen molar-refractivity contribution in [3.63, 3.8) is 0 Å². The van der Waals surface area contributed by atoms with Crippen LogP contribution in [-0.4, -0.2) is 52.7 Å². The van der Waals surface area contributed by atoms with Crippen LogP contribution in [0.1, 0.15) is 15.3 Å². The van der Waals surface area contributed by atoms with Crippen LogP contribution < -0.4 is 10.2 Å². The van der Waals surface area contributed by atoms with E-state index in [1.165, 1.54) is 0 Å². The average molecular weight is 281 g/mol. The molecular formula is C13H23N5O2. The summed E-state index contributed by atoms with van der Waals surface area (Å²) in [5.41, 5.74) is 0.992. The number of rotatable bonds is 2. The quantitative estimate of drug-likeness (QED) is 0.571. The van der Waals surface area contributed by atoms with Crippen LogP contribution in [0.25, 0.3) is 10.9 Å². The Morgan fingerprint density at radius 3 is 3.05 bits per heavy atom. The van der Waals surface area contributed by atoms with E-state index in [2.05, 4.69) is 43.3 Å². The Balaban J connectivity index is 0.000000397. The summed E-state index contributed by atoms with van der Waals surface area (Å²) in [6, 6.07) is 2.59. The third-order valence-corrected chi connectivity index (χ3v) is 3.23. The Labute approximate surface area is 119 Å². The summed E-state index contributed by atoms with van der Waals surface area (Å²) in [5, 5.41) is 18.8. The van der Waals surface area contributed by atoms with E-state index in [-0.39, 0.29) is 1.43 Å². The lowest BCUT2D eigenvalue weighted by Crippen LogP contribution is -2.50. The van der Waals surface area contributed by atoms with Gasteiger partial charge in [0.15, 0.2) is 0 Å². The van der Waals surface area contributed by atoms with Crippen LogP contribution in [0, 0.1) is 0 Å². The number of pyridine rings is 1. The van der Waals surface area contributed by atoms with Crippen molar-refractivity contribution in [3.05, 3.63) is 18.5 Å². The van der Waals surface area contributed by atoms with Crippen molar-refractivity contribution in [3.8, 4) is 0 Å². The molecule has 0 bridgehead atoms. The monoisotopic (exact) mass is 281 g/mol. The minimum Gasteiger partial charge on any atom is -0.351 e. The fourth-order valence-electron chi connectivity index (χ4n) is 2.17. The lowest BCUT2D eigenvalue weighted by molar-refractivity contribution is -0.237. The van der Waals surface area contributed by atoms with E-state index in [1.807, 2.05) is 12.4 Å². The standard InChI is InChI=1S/C11H15N5.C2H6O2.H2/c1-8-5-12-2-3-16(8)11-4-9-6-14-15-10(9)7-13-11;1-2-4-3;/h4,6-8,12H,2-3,5H2,1H3,(H,14,15);3H,2H2,1H3;1H. The highest BCUT2D eigenvalue weighted by Crippen LogP contribution is 2.19. The number of fused-ring (bicyclic) bond motifs is 1. The topological polar surface area (TPSA) is 86.3 Å². The maximum Gasteiger partial charge on any atom is 0.129 e. The molecule has 0 radical (unpaired) electrons. The van der Waals surface area contributed by atoms with Crippen molar-refractivity contribution >= 4 is 16.7 Å². The van der Waals surface area contributed by atoms with E-state index in [0.29, 0.717) is 12.6 Å². The van der Waals surface area contributed by atoms with Crippen LogP contribution in [0.2, 0.25) is 0 Å². The van der Waals surface area contributed by atoms with Crippen molar-refractivity contribution < 1.29 is 11.6 Å². The molecular weight excluding hydrogens is 258 g/mol. The van der Waals surface area contributed by atoms with Gasteiger partial charge in [0.1, 0.15) is 5.82 Å². The molecule has 112 valence electrons. The SMILES string of the molecule is CC1CNCCN1c1cc2cn[nH]c2cn1.CCOO.[HH]. The molecule has 3 heterocycles. The first-order valence-electron chi connectivity index (χ1n) is 6.79. The van der Waals surface area contributed by atoms with Gasteiger partial charge in [-0.25, -0.2) is 9.87 Å². The maximum absolute atomic E-state index is 7.38. The predicted molar refractivity (Wildman–Crippen MR) is 79.9 cm³/mol. The number of aromatic amines is 1. The molecule has 0 spiro atoms. The van der Waals surface area contributed by atoms with E-state index in [9.17, 15) is 0 Å². The van der Waals surface area contributed by atoms with Crippen molar-refractivity contribution in [2.24, 2.45) is 0 Å². The number of H-pyrrole nitrogens is 1. The fraction of sp³-hybridized carbons (Fsp3) is 0.538. The summed E-state index contributed by atoms with van der Waals surface area (Å²) in [5.74, 6) is 1.04. The highest BCUT2D eigenvalue weighted by molar-refractivity contribution is 5.79. The first kappa shape index (κ1) is 14.7. The summed E-state index contributed by atoms with van der Waals surface area (Å²) in [7, 11) is 0. The van der Waals surface area contributed by atoms with Crippen LogP contribution in [0.4, 0.5) is 5.82 Å². The lowest BCUT2D eigenvalue weighted by atomic mass is 10.2. The first-order valence-corrected chi connectivity index (χ1v) is 6.79. The number of hydrogen-bond donors (Lipinski definition) is 3. The van der Waals surface area contributed by atoms with Gasteiger partial charge in [-0.05, 0) is 19.9 Å². The van der Waals surface area contributed by atoms with Gasteiger partial charge in [-0.2, -0.15) is 5.10 Å². The maximum atomic E-state index is 7.38. The minimum absolute atomic E-state index is 0. The van der Waals surface area contributed by atoms with Crippen molar-refractivity contribution in [2.45, 2.75) is 19.9 Å². The van der Waals surface area contributed by atoms with Gasteiger partial charge in [-0.15, -0.1) is 0 Å². The van der Waals surface area contributed by atoms with Crippen LogP contribution in [0.5, 0.6) is 0 Å². The van der Waals surface area contributed by atoms with E-state index < -0.39 is 0 Å². The number of hydrogen-bond acceptors (Lipinski definition) is 6. The third-order valence-electron chi connectivity index (χ3n) is 3.23. The fourth-order valence-corrected chi connectivity index (χ4v) is 2.17. The summed E-state index contributed by atoms with van der Waals surface area (Å²) in [6.45, 7) is 7.35. The molecule has 20 heavy (non-hydrogen) atoms. The Bertz CT molecular complexity index is 534. The first-order chi connectivity index (χ1) is 9.76. The van der Waals surface area contributed by atoms with Crippen LogP contribution >= 0.6 is 0 Å². The Hall–Kier alpha value is -1.70. The second-order valence-electron chi connectivity index (χ2n) is 4.66. The molecule has 1 fully saturated rings. The zero-order chi connectivity index (χ0) is 14.4. The molecule has 1 aliphatic heterocycles. The molecule has 7 nitrogen and oxygen atoms in total. The van der Waals surface area contributed by atoms with E-state index in [4.69, 9.17) is 5.26 Å². The van der Waals surface area contributed by atoms with Crippen LogP contribution in [-0.2, 0) is 4.89 Å². The van der Waals surface area contributed by atoms with E-state index in [0.717, 1.165) is 36.4 Å². The molecule has 3 N–H and O–H groups in total. The van der Waals surface area contributed by atoms with Gasteiger partial charge >= 0.3 is 0 Å². The second kappa shape index (κ2) is 7.18. The lowest BCUT2D eigenvalue weighted by Gasteiger charge is -2.34. The molecule has 1 atom stereocenters. The molecule has 3 rings (SSSR count). The summed E-state index contributed by atoms with van der Waals surface area (Å²) >= 11 is 0. The molecule has 0 amide bonds. The number of nitrogens with one attached hydrogen (secondary N) is 2. The third kappa shape index (κ3) is 3.44. The summed E-state index contributed by atoms with van der Waals surface area (Å²) in [4.78, 5) is 10.4. The molecule has 0 aromatic carbocycles. The molecule has 0 saturated carbocycles. The minimum atomic E-state index is 0. The number of piperazine rings is 1. The zero-order valence-electron chi connectivity index (χ0n) is 11.8. The summed E-state index contributed by atoms with van der Waals surface area (Å²) in [6.07, 6.45) is 3.69. The highest BCUT2D eigenvalue weighted by Gasteiger charge is 2.19. The number of aromatic nitrogens is 3. The van der Waals surface area contributed by atoms with Gasteiger partial charge < -0.3 is 10.2 Å². The van der Waals surface area contributed by atoms with Gasteiger partial charge in [0.2, 0.25) is 0 Å². The van der Waals surface area contributed by atoms with Gasteiger partial charge in [-0.3, -0.25) is 10.4 Å². The molecule has 1 saturated heterocycles. The molecule has 0 aliphatic carbocycles. The van der Waals surface area contributed by atoms with Crippen molar-refractivity contribution in [2.75, 3.05) is 31.1 Å². The number of anilines is 1. The van der Waals surface area contributed by atoms with Crippen molar-refractivity contribution in [1.82, 2.24) is 20.5 Å². The van der Waals surface area contributed by atoms with Crippen LogP contribution in [0.3, 0.4) is 0 Å².